The molecule has 0 spiro atoms. The van der Waals surface area contributed by atoms with Crippen LogP contribution in [0.2, 0.25) is 0 Å². The number of aliphatic hydroxyl groups excluding tert-OH is 2. The van der Waals surface area contributed by atoms with Gasteiger partial charge in [0.15, 0.2) is 12.6 Å². The van der Waals surface area contributed by atoms with E-state index < -0.39 is 61.4 Å². The van der Waals surface area contributed by atoms with Crippen LogP contribution in [0.1, 0.15) is 33.4 Å². The van der Waals surface area contributed by atoms with Gasteiger partial charge in [-0.1, -0.05) is 182 Å². The van der Waals surface area contributed by atoms with Crippen LogP contribution in [0.5, 0.6) is 0 Å². The number of hydrogen-bond donors (Lipinski definition) is 2. The molecule has 340 valence electrons. The van der Waals surface area contributed by atoms with Crippen molar-refractivity contribution in [1.82, 2.24) is 0 Å². The van der Waals surface area contributed by atoms with E-state index in [1.807, 2.05) is 182 Å². The summed E-state index contributed by atoms with van der Waals surface area (Å²) in [7, 11) is 0. The molecule has 6 aromatic carbocycles. The fraction of sp³-hybridized carbons (Fsp3) is 0.333. The Morgan fingerprint density at radius 1 is 0.338 bits per heavy atom. The Morgan fingerprint density at radius 3 is 1.06 bits per heavy atom. The molecule has 0 radical (unpaired) electrons. The Morgan fingerprint density at radius 2 is 0.662 bits per heavy atom. The van der Waals surface area contributed by atoms with E-state index in [0.717, 1.165) is 33.4 Å². The van der Waals surface area contributed by atoms with E-state index in [1.165, 1.54) is 0 Å². The van der Waals surface area contributed by atoms with Gasteiger partial charge in [-0.25, -0.2) is 0 Å². The first kappa shape index (κ1) is 46.4. The first-order valence-corrected chi connectivity index (χ1v) is 22.3. The first-order chi connectivity index (χ1) is 32.1. The highest BCUT2D eigenvalue weighted by molar-refractivity contribution is 5.18. The van der Waals surface area contributed by atoms with Crippen molar-refractivity contribution in [3.63, 3.8) is 0 Å². The zero-order valence-electron chi connectivity index (χ0n) is 36.3. The molecule has 0 amide bonds. The van der Waals surface area contributed by atoms with Crippen molar-refractivity contribution in [3.05, 3.63) is 215 Å². The number of aliphatic hydroxyl groups is 2. The van der Waals surface area contributed by atoms with E-state index >= 15 is 0 Å². The van der Waals surface area contributed by atoms with E-state index in [-0.39, 0.29) is 46.2 Å². The molecule has 2 heterocycles. The third kappa shape index (κ3) is 13.5. The standard InChI is InChI=1S/C54H58O11/c55-47-48(59-33-41-23-11-3-12-24-41)45(37-57-31-39-19-7-1-8-20-39)64-54(50(47)60-34-42-25-13-4-14-26-42)65-49-46(38-58-32-40-21-9-2-10-22-40)63-53(56)52(62-36-44-29-17-6-18-30-44)51(49)61-35-43-27-15-5-16-28-43/h1-30,45-56H,31-38H2/t45-,46-,47+,48+,49+,50-,51+,52-,53+,54+/m1/s1. The van der Waals surface area contributed by atoms with Crippen LogP contribution >= 0.6 is 0 Å². The summed E-state index contributed by atoms with van der Waals surface area (Å²) in [6.07, 6.45) is -10.4. The van der Waals surface area contributed by atoms with E-state index in [2.05, 4.69) is 0 Å². The van der Waals surface area contributed by atoms with Crippen molar-refractivity contribution in [2.45, 2.75) is 101 Å². The van der Waals surface area contributed by atoms with E-state index in [4.69, 9.17) is 42.6 Å². The molecule has 0 aliphatic carbocycles. The summed E-state index contributed by atoms with van der Waals surface area (Å²) in [5.74, 6) is 0. The van der Waals surface area contributed by atoms with Gasteiger partial charge in [0.1, 0.15) is 48.8 Å². The van der Waals surface area contributed by atoms with Crippen LogP contribution < -0.4 is 0 Å². The predicted molar refractivity (Wildman–Crippen MR) is 243 cm³/mol. The molecule has 2 saturated heterocycles. The quantitative estimate of drug-likeness (QED) is 0.0691. The van der Waals surface area contributed by atoms with Crippen molar-refractivity contribution in [3.8, 4) is 0 Å². The summed E-state index contributed by atoms with van der Waals surface area (Å²) < 4.78 is 59.4. The molecule has 0 unspecified atom stereocenters. The van der Waals surface area contributed by atoms with Crippen LogP contribution in [0.3, 0.4) is 0 Å². The zero-order chi connectivity index (χ0) is 44.5. The number of hydrogen-bond acceptors (Lipinski definition) is 11. The maximum Gasteiger partial charge on any atom is 0.187 e. The average Bonchev–Trinajstić information content (AvgIpc) is 3.35. The summed E-state index contributed by atoms with van der Waals surface area (Å²) in [4.78, 5) is 0. The smallest absolute Gasteiger partial charge is 0.187 e. The Balaban J connectivity index is 1.12. The molecule has 11 nitrogen and oxygen atoms in total. The summed E-state index contributed by atoms with van der Waals surface area (Å²) in [5, 5.41) is 24.3. The minimum atomic E-state index is -1.41. The summed E-state index contributed by atoms with van der Waals surface area (Å²) in [6.45, 7) is 1.38. The van der Waals surface area contributed by atoms with Crippen LogP contribution in [0, 0.1) is 0 Å². The molecule has 0 bridgehead atoms. The molecule has 0 aromatic heterocycles. The van der Waals surface area contributed by atoms with Crippen LogP contribution in [-0.4, -0.2) is 84.8 Å². The van der Waals surface area contributed by atoms with Gasteiger partial charge in [0.25, 0.3) is 0 Å². The molecule has 10 atom stereocenters. The van der Waals surface area contributed by atoms with Crippen LogP contribution in [-0.2, 0) is 82.3 Å². The van der Waals surface area contributed by atoms with Gasteiger partial charge in [-0.2, -0.15) is 0 Å². The molecule has 2 fully saturated rings. The lowest BCUT2D eigenvalue weighted by atomic mass is 9.96. The SMILES string of the molecule is O[C@H]1[C@@H](OCc2ccccc2)[C@@H](COCc2ccccc2)O[C@@H](O[C@@H]2[C@H](OCc3ccccc3)[C@@H](OCc3ccccc3)[C@@H](O)O[C@@H]2COCc2ccccc2)[C@@H]1OCc1ccccc1. The highest BCUT2D eigenvalue weighted by Gasteiger charge is 2.53. The second-order valence-corrected chi connectivity index (χ2v) is 16.2. The fourth-order valence-corrected chi connectivity index (χ4v) is 8.04. The van der Waals surface area contributed by atoms with Crippen molar-refractivity contribution < 1.29 is 52.8 Å². The number of rotatable bonds is 22. The zero-order valence-corrected chi connectivity index (χ0v) is 36.3. The maximum atomic E-state index is 12.5. The van der Waals surface area contributed by atoms with E-state index in [1.54, 1.807) is 0 Å². The highest BCUT2D eigenvalue weighted by atomic mass is 16.7. The fourth-order valence-electron chi connectivity index (χ4n) is 8.04. The summed E-state index contributed by atoms with van der Waals surface area (Å²) >= 11 is 0. The molecule has 8 rings (SSSR count). The molecule has 6 aromatic rings. The first-order valence-electron chi connectivity index (χ1n) is 22.3. The van der Waals surface area contributed by atoms with Gasteiger partial charge in [0, 0.05) is 0 Å². The molecule has 2 N–H and O–H groups in total. The topological polar surface area (TPSA) is 124 Å². The van der Waals surface area contributed by atoms with E-state index in [9.17, 15) is 10.2 Å². The third-order valence-corrected chi connectivity index (χ3v) is 11.4. The Labute approximate surface area is 381 Å². The molecule has 65 heavy (non-hydrogen) atoms. The summed E-state index contributed by atoms with van der Waals surface area (Å²) in [5.41, 5.74) is 5.59. The number of benzene rings is 6. The lowest BCUT2D eigenvalue weighted by Crippen LogP contribution is -2.66. The predicted octanol–water partition coefficient (Wildman–Crippen LogP) is 7.95. The summed E-state index contributed by atoms with van der Waals surface area (Å²) in [6, 6.07) is 58.6. The molecule has 2 aliphatic rings. The van der Waals surface area contributed by atoms with Crippen molar-refractivity contribution in [2.75, 3.05) is 13.2 Å². The molecular weight excluding hydrogens is 825 g/mol. The molecule has 2 aliphatic heterocycles. The Kier molecular flexibility index (Phi) is 17.4. The van der Waals surface area contributed by atoms with Crippen LogP contribution in [0.4, 0.5) is 0 Å². The molecule has 11 heteroatoms. The van der Waals surface area contributed by atoms with Gasteiger partial charge < -0.3 is 52.8 Å². The van der Waals surface area contributed by atoms with Gasteiger partial charge in [-0.15, -0.1) is 0 Å². The maximum absolute atomic E-state index is 12.5. The minimum absolute atomic E-state index is 0.0183. The van der Waals surface area contributed by atoms with Crippen molar-refractivity contribution in [2.24, 2.45) is 0 Å². The second kappa shape index (κ2) is 24.4. The molecular formula is C54H58O11. The van der Waals surface area contributed by atoms with Crippen LogP contribution in [0.15, 0.2) is 182 Å². The molecule has 0 saturated carbocycles. The lowest BCUT2D eigenvalue weighted by Gasteiger charge is -2.49. The second-order valence-electron chi connectivity index (χ2n) is 16.2. The van der Waals surface area contributed by atoms with Gasteiger partial charge in [0.05, 0.1) is 52.9 Å². The lowest BCUT2D eigenvalue weighted by molar-refractivity contribution is -0.371. The van der Waals surface area contributed by atoms with Crippen molar-refractivity contribution >= 4 is 0 Å². The van der Waals surface area contributed by atoms with Gasteiger partial charge >= 0.3 is 0 Å². The highest BCUT2D eigenvalue weighted by Crippen LogP contribution is 2.35. The number of ether oxygens (including phenoxy) is 9. The van der Waals surface area contributed by atoms with Crippen LogP contribution in [0.25, 0.3) is 0 Å². The Bertz CT molecular complexity index is 2200. The van der Waals surface area contributed by atoms with Gasteiger partial charge in [0.2, 0.25) is 0 Å². The normalized spacial score (nSPS) is 25.6. The van der Waals surface area contributed by atoms with E-state index in [0.29, 0.717) is 6.61 Å². The monoisotopic (exact) mass is 882 g/mol. The largest absolute Gasteiger partial charge is 0.387 e. The van der Waals surface area contributed by atoms with Crippen molar-refractivity contribution in [1.29, 1.82) is 0 Å². The Hall–Kier alpha value is -5.12. The third-order valence-electron chi connectivity index (χ3n) is 11.4. The minimum Gasteiger partial charge on any atom is -0.387 e. The average molecular weight is 883 g/mol. The van der Waals surface area contributed by atoms with Gasteiger partial charge in [-0.05, 0) is 33.4 Å². The van der Waals surface area contributed by atoms with Gasteiger partial charge in [-0.3, -0.25) is 0 Å².